The van der Waals surface area contributed by atoms with Crippen LogP contribution in [0.1, 0.15) is 38.2 Å². The molecule has 6 heteroatoms. The normalized spacial score (nSPS) is 10.4. The van der Waals surface area contributed by atoms with Gasteiger partial charge in [0.25, 0.3) is 5.56 Å². The SMILES string of the molecule is CCOC(=O)CCCCCn1cc(C)c(=O)[nH]c1=O. The molecule has 0 bridgehead atoms. The topological polar surface area (TPSA) is 81.2 Å². The van der Waals surface area contributed by atoms with Gasteiger partial charge in [-0.3, -0.25) is 14.6 Å². The molecule has 0 saturated carbocycles. The summed E-state index contributed by atoms with van der Waals surface area (Å²) >= 11 is 0. The Morgan fingerprint density at radius 2 is 2.05 bits per heavy atom. The van der Waals surface area contributed by atoms with Crippen LogP contribution in [0.3, 0.4) is 0 Å². The fourth-order valence-corrected chi connectivity index (χ4v) is 1.75. The summed E-state index contributed by atoms with van der Waals surface area (Å²) in [5.41, 5.74) is -0.212. The van der Waals surface area contributed by atoms with Crippen molar-refractivity contribution < 1.29 is 9.53 Å². The Hall–Kier alpha value is -1.85. The van der Waals surface area contributed by atoms with Crippen LogP contribution in [0, 0.1) is 6.92 Å². The van der Waals surface area contributed by atoms with Crippen molar-refractivity contribution in [1.29, 1.82) is 0 Å². The van der Waals surface area contributed by atoms with Crippen molar-refractivity contribution in [2.24, 2.45) is 0 Å². The number of aryl methyl sites for hydroxylation is 2. The Bertz CT molecular complexity index is 530. The molecule has 19 heavy (non-hydrogen) atoms. The largest absolute Gasteiger partial charge is 0.466 e. The van der Waals surface area contributed by atoms with Gasteiger partial charge in [0.1, 0.15) is 0 Å². The molecule has 0 aliphatic carbocycles. The molecule has 0 aromatic carbocycles. The minimum Gasteiger partial charge on any atom is -0.466 e. The van der Waals surface area contributed by atoms with E-state index in [0.717, 1.165) is 19.3 Å². The fraction of sp³-hybridized carbons (Fsp3) is 0.615. The molecule has 6 nitrogen and oxygen atoms in total. The summed E-state index contributed by atoms with van der Waals surface area (Å²) in [6.45, 7) is 4.39. The third kappa shape index (κ3) is 5.11. The van der Waals surface area contributed by atoms with E-state index in [-0.39, 0.29) is 17.2 Å². The summed E-state index contributed by atoms with van der Waals surface area (Å²) < 4.78 is 6.31. The van der Waals surface area contributed by atoms with Gasteiger partial charge in [-0.1, -0.05) is 6.42 Å². The van der Waals surface area contributed by atoms with Crippen LogP contribution in [0.25, 0.3) is 0 Å². The van der Waals surface area contributed by atoms with Crippen LogP contribution in [-0.2, 0) is 16.1 Å². The van der Waals surface area contributed by atoms with E-state index >= 15 is 0 Å². The van der Waals surface area contributed by atoms with Crippen molar-refractivity contribution in [3.05, 3.63) is 32.6 Å². The Balaban J connectivity index is 2.34. The molecule has 0 unspecified atom stereocenters. The molecule has 1 aromatic rings. The lowest BCUT2D eigenvalue weighted by atomic mass is 10.2. The molecule has 0 aliphatic heterocycles. The molecule has 0 atom stereocenters. The monoisotopic (exact) mass is 268 g/mol. The lowest BCUT2D eigenvalue weighted by molar-refractivity contribution is -0.143. The second kappa shape index (κ2) is 7.56. The van der Waals surface area contributed by atoms with Crippen molar-refractivity contribution in [1.82, 2.24) is 9.55 Å². The summed E-state index contributed by atoms with van der Waals surface area (Å²) in [4.78, 5) is 36.0. The van der Waals surface area contributed by atoms with Gasteiger partial charge in [-0.25, -0.2) is 4.79 Å². The molecule has 0 radical (unpaired) electrons. The lowest BCUT2D eigenvalue weighted by Crippen LogP contribution is -2.30. The highest BCUT2D eigenvalue weighted by atomic mass is 16.5. The molecule has 0 fully saturated rings. The molecule has 0 aliphatic rings. The highest BCUT2D eigenvalue weighted by Crippen LogP contribution is 2.02. The fourth-order valence-electron chi connectivity index (χ4n) is 1.75. The van der Waals surface area contributed by atoms with Crippen LogP contribution in [0.4, 0.5) is 0 Å². The number of aromatic nitrogens is 2. The zero-order valence-corrected chi connectivity index (χ0v) is 11.4. The second-order valence-corrected chi connectivity index (χ2v) is 4.38. The van der Waals surface area contributed by atoms with E-state index in [1.807, 2.05) is 0 Å². The van der Waals surface area contributed by atoms with Crippen molar-refractivity contribution in [2.75, 3.05) is 6.61 Å². The number of aromatic amines is 1. The van der Waals surface area contributed by atoms with Gasteiger partial charge in [-0.05, 0) is 26.7 Å². The number of hydrogen-bond acceptors (Lipinski definition) is 4. The second-order valence-electron chi connectivity index (χ2n) is 4.38. The number of rotatable bonds is 7. The third-order valence-electron chi connectivity index (χ3n) is 2.77. The van der Waals surface area contributed by atoms with Crippen LogP contribution < -0.4 is 11.2 Å². The Kier molecular flexibility index (Phi) is 6.05. The first-order valence-electron chi connectivity index (χ1n) is 6.50. The maximum absolute atomic E-state index is 11.5. The van der Waals surface area contributed by atoms with Gasteiger partial charge in [0.2, 0.25) is 0 Å². The zero-order valence-electron chi connectivity index (χ0n) is 11.4. The molecule has 0 amide bonds. The lowest BCUT2D eigenvalue weighted by Gasteiger charge is -2.05. The average Bonchev–Trinajstić information content (AvgIpc) is 2.35. The number of ether oxygens (including phenoxy) is 1. The van der Waals surface area contributed by atoms with Crippen LogP contribution >= 0.6 is 0 Å². The smallest absolute Gasteiger partial charge is 0.328 e. The summed E-state index contributed by atoms with van der Waals surface area (Å²) in [5.74, 6) is -0.181. The zero-order chi connectivity index (χ0) is 14.3. The van der Waals surface area contributed by atoms with E-state index in [1.165, 1.54) is 4.57 Å². The number of esters is 1. The maximum Gasteiger partial charge on any atom is 0.328 e. The van der Waals surface area contributed by atoms with E-state index in [2.05, 4.69) is 4.98 Å². The molecule has 1 N–H and O–H groups in total. The van der Waals surface area contributed by atoms with Gasteiger partial charge in [0.05, 0.1) is 6.61 Å². The van der Waals surface area contributed by atoms with Gasteiger partial charge < -0.3 is 9.30 Å². The highest BCUT2D eigenvalue weighted by molar-refractivity contribution is 5.69. The number of carbonyl (C=O) groups is 1. The van der Waals surface area contributed by atoms with E-state index in [4.69, 9.17) is 4.74 Å². The summed E-state index contributed by atoms with van der Waals surface area (Å²) in [7, 11) is 0. The standard InChI is InChI=1S/C13H20N2O4/c1-3-19-11(16)7-5-4-6-8-15-9-10(2)12(17)14-13(15)18/h9H,3-8H2,1-2H3,(H,14,17,18). The Morgan fingerprint density at radius 1 is 1.32 bits per heavy atom. The quantitative estimate of drug-likeness (QED) is 0.590. The van der Waals surface area contributed by atoms with Crippen molar-refractivity contribution in [3.8, 4) is 0 Å². The van der Waals surface area contributed by atoms with Gasteiger partial charge in [-0.15, -0.1) is 0 Å². The van der Waals surface area contributed by atoms with Crippen LogP contribution in [0.15, 0.2) is 15.8 Å². The number of carbonyl (C=O) groups excluding carboxylic acids is 1. The van der Waals surface area contributed by atoms with E-state index in [0.29, 0.717) is 25.1 Å². The van der Waals surface area contributed by atoms with E-state index in [9.17, 15) is 14.4 Å². The van der Waals surface area contributed by atoms with E-state index < -0.39 is 0 Å². The predicted molar refractivity (Wildman–Crippen MR) is 71.2 cm³/mol. The van der Waals surface area contributed by atoms with Gasteiger partial charge in [0.15, 0.2) is 0 Å². The molecular weight excluding hydrogens is 248 g/mol. The first kappa shape index (κ1) is 15.2. The van der Waals surface area contributed by atoms with Crippen molar-refractivity contribution >= 4 is 5.97 Å². The summed E-state index contributed by atoms with van der Waals surface area (Å²) in [5, 5.41) is 0. The number of nitrogens with zero attached hydrogens (tertiary/aromatic N) is 1. The maximum atomic E-state index is 11.5. The highest BCUT2D eigenvalue weighted by Gasteiger charge is 2.02. The molecule has 1 heterocycles. The Labute approximate surface area is 111 Å². The van der Waals surface area contributed by atoms with Crippen molar-refractivity contribution in [3.63, 3.8) is 0 Å². The van der Waals surface area contributed by atoms with Gasteiger partial charge in [-0.2, -0.15) is 0 Å². The number of unbranched alkanes of at least 4 members (excludes halogenated alkanes) is 2. The minimum atomic E-state index is -0.388. The van der Waals surface area contributed by atoms with Crippen LogP contribution in [0.5, 0.6) is 0 Å². The molecule has 106 valence electrons. The molecule has 1 aromatic heterocycles. The van der Waals surface area contributed by atoms with Crippen molar-refractivity contribution in [2.45, 2.75) is 46.1 Å². The van der Waals surface area contributed by atoms with Crippen LogP contribution in [0.2, 0.25) is 0 Å². The summed E-state index contributed by atoms with van der Waals surface area (Å²) in [6.07, 6.45) is 4.34. The number of nitrogens with one attached hydrogen (secondary N) is 1. The van der Waals surface area contributed by atoms with Crippen LogP contribution in [-0.4, -0.2) is 22.1 Å². The average molecular weight is 268 g/mol. The van der Waals surface area contributed by atoms with Gasteiger partial charge >= 0.3 is 11.7 Å². The van der Waals surface area contributed by atoms with E-state index in [1.54, 1.807) is 20.0 Å². The Morgan fingerprint density at radius 3 is 2.74 bits per heavy atom. The number of hydrogen-bond donors (Lipinski definition) is 1. The summed E-state index contributed by atoms with van der Waals surface area (Å²) in [6, 6.07) is 0. The number of H-pyrrole nitrogens is 1. The molecule has 1 rings (SSSR count). The molecule has 0 spiro atoms. The predicted octanol–water partition coefficient (Wildman–Crippen LogP) is 0.969. The van der Waals surface area contributed by atoms with Gasteiger partial charge in [0, 0.05) is 24.7 Å². The molecular formula is C13H20N2O4. The first-order chi connectivity index (χ1) is 9.04. The minimum absolute atomic E-state index is 0.181. The molecule has 0 saturated heterocycles. The third-order valence-corrected chi connectivity index (χ3v) is 2.77. The first-order valence-corrected chi connectivity index (χ1v) is 6.50.